The largest absolute Gasteiger partial charge is 0.497 e. The Morgan fingerprint density at radius 3 is 2.36 bits per heavy atom. The Hall–Kier alpha value is -2.82. The van der Waals surface area contributed by atoms with Crippen molar-refractivity contribution in [2.45, 2.75) is 19.4 Å². The van der Waals surface area contributed by atoms with Crippen molar-refractivity contribution in [2.24, 2.45) is 5.92 Å². The van der Waals surface area contributed by atoms with Crippen LogP contribution in [-0.2, 0) is 20.7 Å². The van der Waals surface area contributed by atoms with Gasteiger partial charge in [-0.15, -0.1) is 0 Å². The predicted molar refractivity (Wildman–Crippen MR) is 96.7 cm³/mol. The smallest absolute Gasteiger partial charge is 0.329 e. The number of hydrogen-bond donors (Lipinski definition) is 1. The third-order valence-corrected chi connectivity index (χ3v) is 3.87. The number of methoxy groups -OCH3 is 1. The van der Waals surface area contributed by atoms with Crippen LogP contribution in [-0.4, -0.2) is 32.0 Å². The van der Waals surface area contributed by atoms with E-state index in [4.69, 9.17) is 9.47 Å². The summed E-state index contributed by atoms with van der Waals surface area (Å²) >= 11 is 0. The van der Waals surface area contributed by atoms with Crippen molar-refractivity contribution in [3.63, 3.8) is 0 Å². The lowest BCUT2D eigenvalue weighted by molar-refractivity contribution is -0.146. The molecule has 0 aromatic heterocycles. The molecule has 0 saturated carbocycles. The van der Waals surface area contributed by atoms with Gasteiger partial charge in [0.2, 0.25) is 0 Å². The van der Waals surface area contributed by atoms with Crippen molar-refractivity contribution in [1.29, 1.82) is 0 Å². The van der Waals surface area contributed by atoms with E-state index in [1.165, 1.54) is 0 Å². The summed E-state index contributed by atoms with van der Waals surface area (Å²) in [6.07, 6.45) is 1.27. The molecule has 0 aliphatic rings. The Morgan fingerprint density at radius 2 is 1.80 bits per heavy atom. The molecule has 0 saturated heterocycles. The minimum absolute atomic E-state index is 0.260. The Labute approximate surface area is 148 Å². The van der Waals surface area contributed by atoms with E-state index in [0.29, 0.717) is 6.42 Å². The first-order chi connectivity index (χ1) is 12.2. The summed E-state index contributed by atoms with van der Waals surface area (Å²) in [7, 11) is 1.59. The fourth-order valence-corrected chi connectivity index (χ4v) is 2.57. The zero-order chi connectivity index (χ0) is 18.1. The van der Waals surface area contributed by atoms with Gasteiger partial charge in [-0.2, -0.15) is 0 Å². The molecule has 0 aliphatic heterocycles. The van der Waals surface area contributed by atoms with Gasteiger partial charge >= 0.3 is 5.97 Å². The van der Waals surface area contributed by atoms with Crippen LogP contribution in [0.5, 0.6) is 5.75 Å². The number of benzene rings is 2. The monoisotopic (exact) mass is 341 g/mol. The number of esters is 1. The molecule has 2 rings (SSSR count). The van der Waals surface area contributed by atoms with Gasteiger partial charge < -0.3 is 19.6 Å². The van der Waals surface area contributed by atoms with E-state index in [1.54, 1.807) is 38.3 Å². The summed E-state index contributed by atoms with van der Waals surface area (Å²) in [5, 5.41) is 3.12. The number of aldehydes is 1. The fraction of sp³-hybridized carbons (Fsp3) is 0.300. The molecular weight excluding hydrogens is 318 g/mol. The maximum Gasteiger partial charge on any atom is 0.329 e. The average molecular weight is 341 g/mol. The fourth-order valence-electron chi connectivity index (χ4n) is 2.57. The zero-order valence-electron chi connectivity index (χ0n) is 14.5. The lowest BCUT2D eigenvalue weighted by Crippen LogP contribution is -2.40. The zero-order valence-corrected chi connectivity index (χ0v) is 14.5. The van der Waals surface area contributed by atoms with E-state index in [1.807, 2.05) is 30.3 Å². The van der Waals surface area contributed by atoms with Crippen LogP contribution in [0.15, 0.2) is 54.6 Å². The molecule has 1 N–H and O–H groups in total. The normalized spacial score (nSPS) is 12.7. The van der Waals surface area contributed by atoms with Gasteiger partial charge in [0.1, 0.15) is 18.1 Å². The molecule has 0 fully saturated rings. The summed E-state index contributed by atoms with van der Waals surface area (Å²) in [4.78, 5) is 24.1. The first-order valence-electron chi connectivity index (χ1n) is 8.24. The van der Waals surface area contributed by atoms with Gasteiger partial charge in [0, 0.05) is 11.6 Å². The summed E-state index contributed by atoms with van der Waals surface area (Å²) in [6, 6.07) is 16.0. The second-order valence-corrected chi connectivity index (χ2v) is 5.59. The summed E-state index contributed by atoms with van der Waals surface area (Å²) < 4.78 is 10.3. The Morgan fingerprint density at radius 1 is 1.12 bits per heavy atom. The van der Waals surface area contributed by atoms with Crippen molar-refractivity contribution < 1.29 is 19.1 Å². The molecule has 2 aromatic carbocycles. The highest BCUT2D eigenvalue weighted by Crippen LogP contribution is 2.20. The van der Waals surface area contributed by atoms with Gasteiger partial charge in [-0.1, -0.05) is 30.3 Å². The molecule has 2 aromatic rings. The summed E-state index contributed by atoms with van der Waals surface area (Å²) in [5.41, 5.74) is 1.71. The molecule has 5 heteroatoms. The van der Waals surface area contributed by atoms with E-state index in [0.717, 1.165) is 23.3 Å². The van der Waals surface area contributed by atoms with E-state index in [-0.39, 0.29) is 6.61 Å². The van der Waals surface area contributed by atoms with Crippen molar-refractivity contribution in [3.05, 3.63) is 60.2 Å². The third-order valence-electron chi connectivity index (χ3n) is 3.87. The van der Waals surface area contributed by atoms with Crippen LogP contribution < -0.4 is 10.1 Å². The number of carbonyl (C=O) groups excluding carboxylic acids is 2. The highest BCUT2D eigenvalue weighted by molar-refractivity contribution is 5.83. The van der Waals surface area contributed by atoms with Crippen LogP contribution in [0.2, 0.25) is 0 Å². The molecule has 25 heavy (non-hydrogen) atoms. The van der Waals surface area contributed by atoms with Crippen molar-refractivity contribution in [1.82, 2.24) is 0 Å². The van der Waals surface area contributed by atoms with Crippen LogP contribution in [0.25, 0.3) is 0 Å². The number of hydrogen-bond acceptors (Lipinski definition) is 5. The lowest BCUT2D eigenvalue weighted by atomic mass is 9.93. The quantitative estimate of drug-likeness (QED) is 0.561. The second kappa shape index (κ2) is 9.47. The maximum atomic E-state index is 12.4. The van der Waals surface area contributed by atoms with Crippen LogP contribution in [0, 0.1) is 5.92 Å². The van der Waals surface area contributed by atoms with Crippen LogP contribution >= 0.6 is 0 Å². The Balaban J connectivity index is 2.20. The molecule has 0 bridgehead atoms. The minimum atomic E-state index is -0.758. The molecule has 0 heterocycles. The molecule has 0 amide bonds. The number of anilines is 1. The summed E-state index contributed by atoms with van der Waals surface area (Å²) in [5.74, 6) is -0.260. The number of rotatable bonds is 9. The highest BCUT2D eigenvalue weighted by Gasteiger charge is 2.29. The lowest BCUT2D eigenvalue weighted by Gasteiger charge is -2.23. The first-order valence-corrected chi connectivity index (χ1v) is 8.24. The van der Waals surface area contributed by atoms with E-state index in [9.17, 15) is 9.59 Å². The molecular formula is C20H23NO4. The van der Waals surface area contributed by atoms with Gasteiger partial charge in [-0.05, 0) is 43.2 Å². The van der Waals surface area contributed by atoms with E-state index < -0.39 is 17.9 Å². The van der Waals surface area contributed by atoms with Crippen molar-refractivity contribution in [3.8, 4) is 5.75 Å². The first kappa shape index (κ1) is 18.5. The average Bonchev–Trinajstić information content (AvgIpc) is 2.66. The SMILES string of the molecule is CCOC(=O)[C@@H](Nc1ccc(OC)cc1)[C@H](C=O)Cc1ccccc1. The molecule has 0 unspecified atom stereocenters. The van der Waals surface area contributed by atoms with Crippen LogP contribution in [0.1, 0.15) is 12.5 Å². The topological polar surface area (TPSA) is 64.6 Å². The molecule has 5 nitrogen and oxygen atoms in total. The maximum absolute atomic E-state index is 12.4. The van der Waals surface area contributed by atoms with Crippen molar-refractivity contribution in [2.75, 3.05) is 19.0 Å². The van der Waals surface area contributed by atoms with Gasteiger partial charge in [0.15, 0.2) is 0 Å². The van der Waals surface area contributed by atoms with Crippen LogP contribution in [0.3, 0.4) is 0 Å². The van der Waals surface area contributed by atoms with Crippen molar-refractivity contribution >= 4 is 17.9 Å². The minimum Gasteiger partial charge on any atom is -0.497 e. The predicted octanol–water partition coefficient (Wildman–Crippen LogP) is 3.10. The molecule has 0 aliphatic carbocycles. The number of carbonyl (C=O) groups is 2. The third kappa shape index (κ3) is 5.35. The van der Waals surface area contributed by atoms with Gasteiger partial charge in [0.25, 0.3) is 0 Å². The number of nitrogens with one attached hydrogen (secondary N) is 1. The van der Waals surface area contributed by atoms with Gasteiger partial charge in [0.05, 0.1) is 13.7 Å². The Bertz CT molecular complexity index is 670. The van der Waals surface area contributed by atoms with E-state index in [2.05, 4.69) is 5.32 Å². The molecule has 2 atom stereocenters. The molecule has 0 spiro atoms. The highest BCUT2D eigenvalue weighted by atomic mass is 16.5. The van der Waals surface area contributed by atoms with Gasteiger partial charge in [-0.25, -0.2) is 4.79 Å². The van der Waals surface area contributed by atoms with Gasteiger partial charge in [-0.3, -0.25) is 0 Å². The van der Waals surface area contributed by atoms with Crippen LogP contribution in [0.4, 0.5) is 5.69 Å². The summed E-state index contributed by atoms with van der Waals surface area (Å²) in [6.45, 7) is 2.01. The number of ether oxygens (including phenoxy) is 2. The second-order valence-electron chi connectivity index (χ2n) is 5.59. The molecule has 132 valence electrons. The van der Waals surface area contributed by atoms with E-state index >= 15 is 0 Å². The molecule has 0 radical (unpaired) electrons. The Kier molecular flexibility index (Phi) is 7.01. The standard InChI is InChI=1S/C20H23NO4/c1-3-25-20(23)19(21-17-9-11-18(24-2)12-10-17)16(14-22)13-15-7-5-4-6-8-15/h4-12,14,16,19,21H,3,13H2,1-2H3/t16-,19-/m0/s1.